The lowest BCUT2D eigenvalue weighted by Crippen LogP contribution is -2.51. The Morgan fingerprint density at radius 2 is 1.71 bits per heavy atom. The smallest absolute Gasteiger partial charge is 0.150 e. The summed E-state index contributed by atoms with van der Waals surface area (Å²) in [6.45, 7) is 13.2. The number of ketones is 1. The van der Waals surface area contributed by atoms with Crippen molar-refractivity contribution in [3.05, 3.63) is 12.2 Å². The first-order valence-corrected chi connectivity index (χ1v) is 14.8. The maximum absolute atomic E-state index is 13.6. The molecule has 5 fully saturated rings. The van der Waals surface area contributed by atoms with Crippen LogP contribution in [0.5, 0.6) is 0 Å². The summed E-state index contributed by atoms with van der Waals surface area (Å²) in [7, 11) is 0. The van der Waals surface area contributed by atoms with Crippen LogP contribution in [-0.4, -0.2) is 39.8 Å². The van der Waals surface area contributed by atoms with Crippen LogP contribution < -0.4 is 5.32 Å². The van der Waals surface area contributed by atoms with Gasteiger partial charge in [0.2, 0.25) is 0 Å². The molecule has 0 bridgehead atoms. The van der Waals surface area contributed by atoms with Gasteiger partial charge in [0, 0.05) is 12.0 Å². The van der Waals surface area contributed by atoms with E-state index in [0.717, 1.165) is 55.4 Å². The molecule has 3 N–H and O–H groups in total. The van der Waals surface area contributed by atoms with Gasteiger partial charge in [0.05, 0.1) is 17.7 Å². The van der Waals surface area contributed by atoms with E-state index in [0.29, 0.717) is 36.5 Å². The predicted molar refractivity (Wildman–Crippen MR) is 141 cm³/mol. The Balaban J connectivity index is 1.20. The van der Waals surface area contributed by atoms with E-state index in [1.807, 2.05) is 13.8 Å². The Kier molecular flexibility index (Phi) is 6.84. The lowest BCUT2D eigenvalue weighted by Gasteiger charge is -2.56. The third kappa shape index (κ3) is 4.93. The predicted octanol–water partition coefficient (Wildman–Crippen LogP) is 5.66. The van der Waals surface area contributed by atoms with Gasteiger partial charge in [-0.2, -0.15) is 0 Å². The van der Waals surface area contributed by atoms with Gasteiger partial charge in [-0.15, -0.1) is 0 Å². The Hall–Kier alpha value is -0.710. The first-order chi connectivity index (χ1) is 16.4. The molecule has 5 rings (SSSR count). The van der Waals surface area contributed by atoms with Crippen LogP contribution in [0.25, 0.3) is 0 Å². The molecule has 5 aliphatic rings. The average molecular weight is 486 g/mol. The minimum Gasteiger partial charge on any atom is -0.390 e. The molecule has 0 aromatic carbocycles. The summed E-state index contributed by atoms with van der Waals surface area (Å²) < 4.78 is 0. The molecule has 0 aromatic rings. The molecule has 11 atom stereocenters. The average Bonchev–Trinajstić information content (AvgIpc) is 3.12. The van der Waals surface area contributed by atoms with Crippen molar-refractivity contribution in [1.82, 2.24) is 5.32 Å². The number of fused-ring (bicyclic) bond motifs is 5. The van der Waals surface area contributed by atoms with Crippen LogP contribution in [0.2, 0.25) is 0 Å². The van der Waals surface area contributed by atoms with Crippen LogP contribution >= 0.6 is 0 Å². The summed E-state index contributed by atoms with van der Waals surface area (Å²) in [4.78, 5) is 13.6. The van der Waals surface area contributed by atoms with Gasteiger partial charge in [-0.1, -0.05) is 19.1 Å². The third-order valence-electron chi connectivity index (χ3n) is 11.8. The lowest BCUT2D eigenvalue weighted by molar-refractivity contribution is -0.131. The fraction of sp³-hybridized carbons (Fsp3) is 0.903. The van der Waals surface area contributed by atoms with Gasteiger partial charge in [-0.05, 0) is 139 Å². The van der Waals surface area contributed by atoms with Crippen LogP contribution in [0.15, 0.2) is 12.2 Å². The van der Waals surface area contributed by atoms with E-state index < -0.39 is 11.2 Å². The van der Waals surface area contributed by atoms with Gasteiger partial charge in [0.1, 0.15) is 5.78 Å². The molecule has 0 aromatic heterocycles. The van der Waals surface area contributed by atoms with Gasteiger partial charge in [0.15, 0.2) is 0 Å². The number of carbonyl (C=O) groups is 1. The number of Topliss-reactive ketones (excluding diaryl/α,β-unsaturated/α-hetero) is 1. The Morgan fingerprint density at radius 3 is 2.46 bits per heavy atom. The second-order valence-electron chi connectivity index (χ2n) is 14.6. The molecular weight excluding hydrogens is 434 g/mol. The van der Waals surface area contributed by atoms with Crippen LogP contribution in [0.3, 0.4) is 0 Å². The molecule has 0 radical (unpaired) electrons. The number of aliphatic hydroxyl groups is 2. The molecule has 198 valence electrons. The topological polar surface area (TPSA) is 69.6 Å². The molecule has 3 unspecified atom stereocenters. The lowest BCUT2D eigenvalue weighted by atomic mass is 9.49. The highest BCUT2D eigenvalue weighted by atomic mass is 16.3. The number of nitrogens with one attached hydrogen (secondary N) is 1. The monoisotopic (exact) mass is 485 g/mol. The van der Waals surface area contributed by atoms with Crippen molar-refractivity contribution in [2.75, 3.05) is 6.54 Å². The van der Waals surface area contributed by atoms with E-state index in [4.69, 9.17) is 0 Å². The molecule has 0 aliphatic heterocycles. The van der Waals surface area contributed by atoms with Crippen molar-refractivity contribution in [3.63, 3.8) is 0 Å². The van der Waals surface area contributed by atoms with Gasteiger partial charge in [0.25, 0.3) is 0 Å². The van der Waals surface area contributed by atoms with Crippen molar-refractivity contribution in [3.8, 4) is 0 Å². The number of hydrogen-bond donors (Lipinski definition) is 3. The van der Waals surface area contributed by atoms with E-state index >= 15 is 0 Å². The Bertz CT molecular complexity index is 833. The SMILES string of the molecule is C=C1CC(C(C)NCC(=O)[C@H]2CC[C@H]3[C@@H]4CC[C@@H]5C[C@](C)(O)CC[C@@H]5[C@H]4CC[C@]23C)CC(C)(O)C1. The highest BCUT2D eigenvalue weighted by molar-refractivity contribution is 5.84. The highest BCUT2D eigenvalue weighted by Crippen LogP contribution is 2.64. The highest BCUT2D eigenvalue weighted by Gasteiger charge is 2.58. The zero-order valence-electron chi connectivity index (χ0n) is 22.8. The number of rotatable bonds is 5. The van der Waals surface area contributed by atoms with E-state index in [1.54, 1.807) is 0 Å². The van der Waals surface area contributed by atoms with E-state index in [1.165, 1.54) is 38.5 Å². The van der Waals surface area contributed by atoms with E-state index in [9.17, 15) is 15.0 Å². The van der Waals surface area contributed by atoms with Crippen molar-refractivity contribution >= 4 is 5.78 Å². The first-order valence-electron chi connectivity index (χ1n) is 14.8. The van der Waals surface area contributed by atoms with E-state index in [2.05, 4.69) is 25.7 Å². The maximum Gasteiger partial charge on any atom is 0.150 e. The molecule has 5 aliphatic carbocycles. The van der Waals surface area contributed by atoms with Crippen LogP contribution in [0.1, 0.15) is 105 Å². The normalized spacial score (nSPS) is 50.7. The summed E-state index contributed by atoms with van der Waals surface area (Å²) >= 11 is 0. The van der Waals surface area contributed by atoms with Crippen molar-refractivity contribution in [2.24, 2.45) is 46.8 Å². The largest absolute Gasteiger partial charge is 0.390 e. The molecule has 5 saturated carbocycles. The molecule has 35 heavy (non-hydrogen) atoms. The molecule has 4 heteroatoms. The minimum absolute atomic E-state index is 0.166. The summed E-state index contributed by atoms with van der Waals surface area (Å²) in [5.74, 6) is 4.79. The van der Waals surface area contributed by atoms with Crippen LogP contribution in [0, 0.1) is 46.8 Å². The summed E-state index contributed by atoms with van der Waals surface area (Å²) in [6, 6.07) is 0.210. The standard InChI is InChI=1S/C31H51NO3/c1-19-14-22(17-30(4,35)15-19)20(2)32-18-28(33)27-9-8-26-25-7-6-21-16-29(3,34)12-10-23(21)24(25)11-13-31(26,27)5/h20-27,32,34-35H,1,6-18H2,2-5H3/t20?,21-,22?,23+,24-,25-,26+,27-,29-,30?,31+/m1/s1. The van der Waals surface area contributed by atoms with Gasteiger partial charge < -0.3 is 15.5 Å². The van der Waals surface area contributed by atoms with Gasteiger partial charge in [-0.3, -0.25) is 4.79 Å². The quantitative estimate of drug-likeness (QED) is 0.440. The number of hydrogen-bond acceptors (Lipinski definition) is 4. The van der Waals surface area contributed by atoms with Gasteiger partial charge in [-0.25, -0.2) is 0 Å². The van der Waals surface area contributed by atoms with Crippen molar-refractivity contribution < 1.29 is 15.0 Å². The Morgan fingerprint density at radius 1 is 0.971 bits per heavy atom. The zero-order valence-corrected chi connectivity index (χ0v) is 22.8. The molecular formula is C31H51NO3. The fourth-order valence-electron chi connectivity index (χ4n) is 10.2. The zero-order chi connectivity index (χ0) is 25.2. The summed E-state index contributed by atoms with van der Waals surface area (Å²) in [5.41, 5.74) is 0.175. The van der Waals surface area contributed by atoms with Crippen molar-refractivity contribution in [1.29, 1.82) is 0 Å². The molecule has 0 heterocycles. The van der Waals surface area contributed by atoms with E-state index in [-0.39, 0.29) is 17.4 Å². The van der Waals surface area contributed by atoms with Crippen molar-refractivity contribution in [2.45, 2.75) is 122 Å². The number of carbonyl (C=O) groups excluding carboxylic acids is 1. The minimum atomic E-state index is -0.669. The Labute approximate surface area is 213 Å². The van der Waals surface area contributed by atoms with Crippen LogP contribution in [-0.2, 0) is 4.79 Å². The molecule has 4 nitrogen and oxygen atoms in total. The summed E-state index contributed by atoms with van der Waals surface area (Å²) in [6.07, 6.45) is 13.0. The summed E-state index contributed by atoms with van der Waals surface area (Å²) in [5, 5.41) is 24.8. The third-order valence-corrected chi connectivity index (χ3v) is 11.8. The van der Waals surface area contributed by atoms with Crippen LogP contribution in [0.4, 0.5) is 0 Å². The fourth-order valence-corrected chi connectivity index (χ4v) is 10.2. The molecule has 0 saturated heterocycles. The molecule has 0 amide bonds. The maximum atomic E-state index is 13.6. The molecule has 0 spiro atoms. The second kappa shape index (κ2) is 9.24. The first kappa shape index (κ1) is 25.9. The second-order valence-corrected chi connectivity index (χ2v) is 14.6. The van der Waals surface area contributed by atoms with Gasteiger partial charge >= 0.3 is 0 Å².